The summed E-state index contributed by atoms with van der Waals surface area (Å²) in [7, 11) is -5.06. The van der Waals surface area contributed by atoms with E-state index in [1.54, 1.807) is 0 Å². The van der Waals surface area contributed by atoms with E-state index in [1.807, 2.05) is 0 Å². The van der Waals surface area contributed by atoms with Crippen molar-refractivity contribution < 1.29 is 56.2 Å². The standard InChI is InChI=1S/C58H110O12S/c1-3-5-7-9-11-13-15-17-19-21-23-24-25-26-27-28-29-30-32-34-36-38-40-42-44-46-48-66-50-52(51-67-58-56(62)57(70-71(63,64)65)55(61)53(49-59)69-58)68-54(60)47-45-43-41-39-37-35-33-31-22-20-18-16-14-12-10-8-6-4-2/h15,17,21,23,52-53,55-59,61-62H,3-14,16,18-20,22,24-51H2,1-2H3,(H,63,64,65)/b17-15-,23-21-. The Morgan fingerprint density at radius 1 is 0.535 bits per heavy atom. The molecule has 13 heteroatoms. The second kappa shape index (κ2) is 49.5. The third-order valence-electron chi connectivity index (χ3n) is 13.8. The minimum absolute atomic E-state index is 0.0411. The maximum Gasteiger partial charge on any atom is 0.397 e. The first-order valence-corrected chi connectivity index (χ1v) is 31.0. The second-order valence-corrected chi connectivity index (χ2v) is 21.6. The fourth-order valence-electron chi connectivity index (χ4n) is 9.35. The summed E-state index contributed by atoms with van der Waals surface area (Å²) < 4.78 is 59.5. The summed E-state index contributed by atoms with van der Waals surface area (Å²) in [5, 5.41) is 30.8. The third-order valence-corrected chi connectivity index (χ3v) is 14.3. The average Bonchev–Trinajstić information content (AvgIpc) is 3.35. The quantitative estimate of drug-likeness (QED) is 0.0196. The Labute approximate surface area is 435 Å². The zero-order valence-corrected chi connectivity index (χ0v) is 46.4. The van der Waals surface area contributed by atoms with Crippen LogP contribution in [0.3, 0.4) is 0 Å². The summed E-state index contributed by atoms with van der Waals surface area (Å²) in [4.78, 5) is 13.0. The van der Waals surface area contributed by atoms with Gasteiger partial charge in [-0.3, -0.25) is 9.35 Å². The van der Waals surface area contributed by atoms with Crippen molar-refractivity contribution in [1.82, 2.24) is 0 Å². The van der Waals surface area contributed by atoms with Gasteiger partial charge in [0.05, 0.1) is 19.8 Å². The first-order chi connectivity index (χ1) is 34.6. The van der Waals surface area contributed by atoms with Crippen LogP contribution < -0.4 is 0 Å². The van der Waals surface area contributed by atoms with Crippen molar-refractivity contribution >= 4 is 16.4 Å². The van der Waals surface area contributed by atoms with Gasteiger partial charge in [0.25, 0.3) is 0 Å². The van der Waals surface area contributed by atoms with E-state index in [2.05, 4.69) is 42.3 Å². The molecule has 0 amide bonds. The number of allylic oxidation sites excluding steroid dienone is 4. The smallest absolute Gasteiger partial charge is 0.397 e. The summed E-state index contributed by atoms with van der Waals surface area (Å²) in [5.74, 6) is -0.392. The molecule has 1 aliphatic rings. The van der Waals surface area contributed by atoms with Gasteiger partial charge in [0.15, 0.2) is 6.29 Å². The molecule has 0 spiro atoms. The number of hydrogen-bond donors (Lipinski definition) is 4. The molecule has 0 aromatic carbocycles. The van der Waals surface area contributed by atoms with Gasteiger partial charge in [0, 0.05) is 13.0 Å². The van der Waals surface area contributed by atoms with Crippen LogP contribution in [0.4, 0.5) is 0 Å². The third kappa shape index (κ3) is 42.5. The zero-order valence-electron chi connectivity index (χ0n) is 45.6. The second-order valence-electron chi connectivity index (χ2n) is 20.6. The van der Waals surface area contributed by atoms with Gasteiger partial charge in [-0.05, 0) is 44.9 Å². The maximum absolute atomic E-state index is 13.0. The van der Waals surface area contributed by atoms with Gasteiger partial charge in [-0.2, -0.15) is 8.42 Å². The van der Waals surface area contributed by atoms with Gasteiger partial charge < -0.3 is 34.3 Å². The lowest BCUT2D eigenvalue weighted by Gasteiger charge is -2.41. The molecule has 0 aliphatic carbocycles. The minimum atomic E-state index is -5.06. The van der Waals surface area contributed by atoms with Crippen LogP contribution >= 0.6 is 0 Å². The lowest BCUT2D eigenvalue weighted by Crippen LogP contribution is -2.60. The highest BCUT2D eigenvalue weighted by atomic mass is 32.3. The van der Waals surface area contributed by atoms with Gasteiger partial charge in [0.1, 0.15) is 30.5 Å². The summed E-state index contributed by atoms with van der Waals surface area (Å²) in [6.07, 6.45) is 50.7. The number of aliphatic hydroxyl groups is 3. The molecule has 1 rings (SSSR count). The van der Waals surface area contributed by atoms with E-state index in [9.17, 15) is 33.1 Å². The fraction of sp³-hybridized carbons (Fsp3) is 0.914. The van der Waals surface area contributed by atoms with Crippen LogP contribution in [0.2, 0.25) is 0 Å². The van der Waals surface area contributed by atoms with Crippen molar-refractivity contribution in [2.45, 2.75) is 314 Å². The van der Waals surface area contributed by atoms with Crippen molar-refractivity contribution in [3.05, 3.63) is 24.3 Å². The Bertz CT molecular complexity index is 1330. The van der Waals surface area contributed by atoms with Crippen LogP contribution in [0, 0.1) is 0 Å². The highest BCUT2D eigenvalue weighted by Gasteiger charge is 2.48. The number of esters is 1. The highest BCUT2D eigenvalue weighted by molar-refractivity contribution is 7.80. The van der Waals surface area contributed by atoms with Crippen molar-refractivity contribution in [3.8, 4) is 0 Å². The SMILES string of the molecule is CCCCCCC/C=C\C/C=C\CCCCCCCCCCCCCCCCOCC(COC1OC(CO)C(O)C(OS(=O)(=O)O)C1O)OC(=O)CCCCCCCCCCCCCCCCCCCC. The number of hydrogen-bond acceptors (Lipinski definition) is 11. The van der Waals surface area contributed by atoms with E-state index in [0.717, 1.165) is 44.9 Å². The number of rotatable bonds is 53. The number of aliphatic hydroxyl groups excluding tert-OH is 3. The van der Waals surface area contributed by atoms with Crippen LogP contribution in [0.15, 0.2) is 24.3 Å². The van der Waals surface area contributed by atoms with Gasteiger partial charge in [-0.1, -0.05) is 250 Å². The topological polar surface area (TPSA) is 178 Å². The zero-order chi connectivity index (χ0) is 51.7. The molecule has 1 saturated heterocycles. The molecule has 0 aromatic heterocycles. The van der Waals surface area contributed by atoms with E-state index in [0.29, 0.717) is 13.0 Å². The Kier molecular flexibility index (Phi) is 47.1. The Hall–Kier alpha value is -1.42. The number of carbonyl (C=O) groups excluding carboxylic acids is 1. The molecule has 6 unspecified atom stereocenters. The first kappa shape index (κ1) is 67.6. The van der Waals surface area contributed by atoms with Crippen molar-refractivity contribution in [2.24, 2.45) is 0 Å². The van der Waals surface area contributed by atoms with Crippen LogP contribution in [0.25, 0.3) is 0 Å². The number of ether oxygens (including phenoxy) is 4. The lowest BCUT2D eigenvalue weighted by atomic mass is 9.99. The van der Waals surface area contributed by atoms with E-state index in [4.69, 9.17) is 18.9 Å². The van der Waals surface area contributed by atoms with E-state index >= 15 is 0 Å². The summed E-state index contributed by atoms with van der Waals surface area (Å²) in [6, 6.07) is 0. The molecule has 0 aromatic rings. The average molecular weight is 1030 g/mol. The van der Waals surface area contributed by atoms with E-state index < -0.39 is 59.8 Å². The lowest BCUT2D eigenvalue weighted by molar-refractivity contribution is -0.301. The highest BCUT2D eigenvalue weighted by Crippen LogP contribution is 2.26. The fourth-order valence-corrected chi connectivity index (χ4v) is 9.86. The van der Waals surface area contributed by atoms with Gasteiger partial charge >= 0.3 is 16.4 Å². The monoisotopic (exact) mass is 1030 g/mol. The Balaban J connectivity index is 2.26. The molecule has 1 aliphatic heterocycles. The van der Waals surface area contributed by atoms with Gasteiger partial charge in [-0.25, -0.2) is 4.18 Å². The molecule has 1 heterocycles. The Morgan fingerprint density at radius 3 is 1.34 bits per heavy atom. The molecular formula is C58H110O12S. The predicted octanol–water partition coefficient (Wildman–Crippen LogP) is 14.7. The normalized spacial score (nSPS) is 19.1. The largest absolute Gasteiger partial charge is 0.457 e. The van der Waals surface area contributed by atoms with Crippen LogP contribution in [0.5, 0.6) is 0 Å². The summed E-state index contributed by atoms with van der Waals surface area (Å²) in [5.41, 5.74) is 0. The molecule has 0 saturated carbocycles. The molecule has 1 fully saturated rings. The predicted molar refractivity (Wildman–Crippen MR) is 290 cm³/mol. The number of carbonyl (C=O) groups is 1. The minimum Gasteiger partial charge on any atom is -0.457 e. The molecule has 420 valence electrons. The van der Waals surface area contributed by atoms with E-state index in [1.165, 1.54) is 205 Å². The molecule has 71 heavy (non-hydrogen) atoms. The van der Waals surface area contributed by atoms with Crippen molar-refractivity contribution in [1.29, 1.82) is 0 Å². The molecule has 12 nitrogen and oxygen atoms in total. The number of unbranched alkanes of at least 4 members (excludes halogenated alkanes) is 36. The van der Waals surface area contributed by atoms with Gasteiger partial charge in [0.2, 0.25) is 0 Å². The van der Waals surface area contributed by atoms with Crippen LogP contribution in [-0.2, 0) is 38.3 Å². The maximum atomic E-state index is 13.0. The van der Waals surface area contributed by atoms with Crippen molar-refractivity contribution in [3.63, 3.8) is 0 Å². The van der Waals surface area contributed by atoms with Crippen LogP contribution in [-0.4, -0.2) is 97.5 Å². The van der Waals surface area contributed by atoms with Crippen molar-refractivity contribution in [2.75, 3.05) is 26.4 Å². The molecule has 0 radical (unpaired) electrons. The summed E-state index contributed by atoms with van der Waals surface area (Å²) in [6.45, 7) is 4.04. The summed E-state index contributed by atoms with van der Waals surface area (Å²) >= 11 is 0. The molecule has 4 N–H and O–H groups in total. The Morgan fingerprint density at radius 2 is 0.930 bits per heavy atom. The molecular weight excluding hydrogens is 921 g/mol. The van der Waals surface area contributed by atoms with E-state index in [-0.39, 0.29) is 19.6 Å². The van der Waals surface area contributed by atoms with Crippen LogP contribution in [0.1, 0.15) is 277 Å². The molecule has 0 bridgehead atoms. The van der Waals surface area contributed by atoms with Gasteiger partial charge in [-0.15, -0.1) is 0 Å². The molecule has 6 atom stereocenters. The first-order valence-electron chi connectivity index (χ1n) is 29.6.